The highest BCUT2D eigenvalue weighted by Gasteiger charge is 2.39. The second-order valence-electron chi connectivity index (χ2n) is 18.1. The molecule has 0 saturated carbocycles. The summed E-state index contributed by atoms with van der Waals surface area (Å²) in [4.78, 5) is 123. The van der Waals surface area contributed by atoms with Crippen LogP contribution in [0.15, 0.2) is 84.9 Å². The van der Waals surface area contributed by atoms with Gasteiger partial charge in [-0.05, 0) is 80.8 Å². The summed E-state index contributed by atoms with van der Waals surface area (Å²) >= 11 is 0. The van der Waals surface area contributed by atoms with Crippen molar-refractivity contribution in [3.05, 3.63) is 102 Å². The van der Waals surface area contributed by atoms with Crippen LogP contribution in [0.25, 0.3) is 0 Å². The SMILES string of the molecule is C[C@H](NC(=O)[C@H](CC(N)=O)NC(=O)[C@H](Cc1ccccc1)NC(=O)[C@H](Cc1ccccc1)NC(=O)[C@H](CCCNC(=N)N)NC(=O)[C@@H]1CCCN1)C(=O)N[C@@H](Cc1ccc(O)cc1)C(=O)N1CCC[C@@H]1C(=O)O. The molecule has 2 heterocycles. The topological polar surface area (TPSA) is 369 Å². The minimum absolute atomic E-state index is 0.0444. The van der Waals surface area contributed by atoms with Crippen molar-refractivity contribution in [3.8, 4) is 5.75 Å². The number of carbonyl (C=O) groups is 9. The quantitative estimate of drug-likeness (QED) is 0.0243. The molecule has 2 aliphatic heterocycles. The molecule has 2 aliphatic rings. The van der Waals surface area contributed by atoms with Gasteiger partial charge in [0.15, 0.2) is 5.96 Å². The van der Waals surface area contributed by atoms with Gasteiger partial charge in [0.1, 0.15) is 48.0 Å². The Balaban J connectivity index is 1.34. The van der Waals surface area contributed by atoms with E-state index in [1.54, 1.807) is 60.7 Å². The van der Waals surface area contributed by atoms with Gasteiger partial charge in [0, 0.05) is 32.4 Å². The number of hydrogen-bond acceptors (Lipinski definition) is 12. The molecule has 392 valence electrons. The van der Waals surface area contributed by atoms with Crippen LogP contribution in [0.1, 0.15) is 68.6 Å². The molecule has 3 aromatic rings. The van der Waals surface area contributed by atoms with Crippen LogP contribution in [0.4, 0.5) is 0 Å². The predicted molar refractivity (Wildman–Crippen MR) is 266 cm³/mol. The fourth-order valence-corrected chi connectivity index (χ4v) is 8.56. The molecule has 5 rings (SSSR count). The number of guanidine groups is 1. The molecule has 8 atom stereocenters. The number of aliphatic carboxylic acids is 1. The average Bonchev–Trinajstić information content (AvgIpc) is 4.09. The highest BCUT2D eigenvalue weighted by molar-refractivity contribution is 5.99. The predicted octanol–water partition coefficient (Wildman–Crippen LogP) is -1.68. The maximum atomic E-state index is 14.5. The van der Waals surface area contributed by atoms with E-state index >= 15 is 0 Å². The Morgan fingerprint density at radius 2 is 1.18 bits per heavy atom. The zero-order valence-corrected chi connectivity index (χ0v) is 40.6. The number of amides is 8. The molecule has 15 N–H and O–H groups in total. The Labute approximate surface area is 422 Å². The summed E-state index contributed by atoms with van der Waals surface area (Å²) < 4.78 is 0. The van der Waals surface area contributed by atoms with Gasteiger partial charge in [-0.25, -0.2) is 4.79 Å². The number of nitrogens with two attached hydrogens (primary N) is 2. The van der Waals surface area contributed by atoms with Gasteiger partial charge in [0.2, 0.25) is 47.3 Å². The number of benzene rings is 3. The van der Waals surface area contributed by atoms with E-state index in [-0.39, 0.29) is 56.9 Å². The van der Waals surface area contributed by atoms with E-state index in [2.05, 4.69) is 42.5 Å². The van der Waals surface area contributed by atoms with Crippen molar-refractivity contribution in [1.82, 2.24) is 47.4 Å². The largest absolute Gasteiger partial charge is 0.508 e. The third kappa shape index (κ3) is 17.6. The second-order valence-corrected chi connectivity index (χ2v) is 18.1. The minimum Gasteiger partial charge on any atom is -0.508 e. The van der Waals surface area contributed by atoms with Crippen LogP contribution in [0.2, 0.25) is 0 Å². The first-order valence-electron chi connectivity index (χ1n) is 24.2. The number of carbonyl (C=O) groups excluding carboxylic acids is 8. The highest BCUT2D eigenvalue weighted by atomic mass is 16.4. The smallest absolute Gasteiger partial charge is 0.326 e. The Kier molecular flexibility index (Phi) is 21.0. The van der Waals surface area contributed by atoms with Crippen molar-refractivity contribution in [1.29, 1.82) is 5.41 Å². The first-order valence-corrected chi connectivity index (χ1v) is 24.2. The third-order valence-corrected chi connectivity index (χ3v) is 12.4. The Morgan fingerprint density at radius 1 is 0.658 bits per heavy atom. The molecule has 73 heavy (non-hydrogen) atoms. The van der Waals surface area contributed by atoms with E-state index in [0.29, 0.717) is 42.5 Å². The first kappa shape index (κ1) is 55.8. The van der Waals surface area contributed by atoms with E-state index in [4.69, 9.17) is 16.9 Å². The van der Waals surface area contributed by atoms with E-state index in [9.17, 15) is 53.4 Å². The molecule has 2 saturated heterocycles. The molecule has 23 heteroatoms. The van der Waals surface area contributed by atoms with Crippen LogP contribution in [-0.2, 0) is 62.4 Å². The molecule has 0 unspecified atom stereocenters. The number of phenols is 1. The lowest BCUT2D eigenvalue weighted by Gasteiger charge is -2.29. The van der Waals surface area contributed by atoms with Gasteiger partial charge in [0.05, 0.1) is 12.5 Å². The number of carboxylic acid groups (broad SMARTS) is 1. The molecule has 8 amide bonds. The molecular weight excluding hydrogens is 945 g/mol. The van der Waals surface area contributed by atoms with Gasteiger partial charge in [-0.2, -0.15) is 0 Å². The molecule has 0 bridgehead atoms. The summed E-state index contributed by atoms with van der Waals surface area (Å²) in [6.07, 6.45) is 1.34. The number of hydrogen-bond donors (Lipinski definition) is 13. The van der Waals surface area contributed by atoms with Crippen molar-refractivity contribution >= 4 is 59.2 Å². The van der Waals surface area contributed by atoms with Gasteiger partial charge >= 0.3 is 5.97 Å². The summed E-state index contributed by atoms with van der Waals surface area (Å²) in [5.74, 6) is -7.94. The van der Waals surface area contributed by atoms with Gasteiger partial charge < -0.3 is 69.1 Å². The number of carboxylic acids is 1. The zero-order valence-electron chi connectivity index (χ0n) is 40.6. The molecule has 0 aliphatic carbocycles. The molecule has 3 aromatic carbocycles. The Morgan fingerprint density at radius 3 is 1.71 bits per heavy atom. The van der Waals surface area contributed by atoms with Crippen LogP contribution in [0.5, 0.6) is 5.75 Å². The summed E-state index contributed by atoms with van der Waals surface area (Å²) in [6.45, 7) is 2.27. The molecule has 0 aromatic heterocycles. The normalized spacial score (nSPS) is 17.5. The van der Waals surface area contributed by atoms with Gasteiger partial charge in [0.25, 0.3) is 0 Å². The van der Waals surface area contributed by atoms with Crippen molar-refractivity contribution < 1.29 is 53.4 Å². The number of nitrogens with one attached hydrogen (secondary N) is 9. The van der Waals surface area contributed by atoms with Crippen molar-refractivity contribution in [2.45, 2.75) is 119 Å². The molecule has 0 radical (unpaired) electrons. The summed E-state index contributed by atoms with van der Waals surface area (Å²) in [5.41, 5.74) is 12.7. The first-order chi connectivity index (χ1) is 34.9. The maximum absolute atomic E-state index is 14.5. The van der Waals surface area contributed by atoms with E-state index in [0.717, 1.165) is 6.42 Å². The summed E-state index contributed by atoms with van der Waals surface area (Å²) in [6, 6.07) is 13.2. The lowest BCUT2D eigenvalue weighted by atomic mass is 10.0. The minimum atomic E-state index is -1.69. The van der Waals surface area contributed by atoms with Crippen LogP contribution in [-0.4, -0.2) is 142 Å². The monoisotopic (exact) mass is 1010 g/mol. The summed E-state index contributed by atoms with van der Waals surface area (Å²) in [5, 5.41) is 48.6. The maximum Gasteiger partial charge on any atom is 0.326 e. The zero-order chi connectivity index (χ0) is 53.0. The second kappa shape index (κ2) is 27.5. The number of rotatable bonds is 26. The van der Waals surface area contributed by atoms with Gasteiger partial charge in [-0.1, -0.05) is 72.8 Å². The van der Waals surface area contributed by atoms with E-state index in [1.165, 1.54) is 36.1 Å². The lowest BCUT2D eigenvalue weighted by Crippen LogP contribution is -2.61. The number of aromatic hydroxyl groups is 1. The number of primary amides is 1. The number of likely N-dealkylation sites (tertiary alicyclic amines) is 1. The van der Waals surface area contributed by atoms with Crippen LogP contribution in [0.3, 0.4) is 0 Å². The molecular formula is C50H66N12O11. The Hall–Kier alpha value is -8.08. The number of phenolic OH excluding ortho intramolecular Hbond substituents is 1. The Bertz CT molecular complexity index is 2420. The van der Waals surface area contributed by atoms with Crippen molar-refractivity contribution in [2.75, 3.05) is 19.6 Å². The third-order valence-electron chi connectivity index (χ3n) is 12.4. The average molecular weight is 1010 g/mol. The highest BCUT2D eigenvalue weighted by Crippen LogP contribution is 2.21. The van der Waals surface area contributed by atoms with Gasteiger partial charge in [-0.15, -0.1) is 0 Å². The molecule has 23 nitrogen and oxygen atoms in total. The van der Waals surface area contributed by atoms with Crippen LogP contribution in [0, 0.1) is 5.41 Å². The van der Waals surface area contributed by atoms with Gasteiger partial charge in [-0.3, -0.25) is 43.8 Å². The van der Waals surface area contributed by atoms with Crippen LogP contribution >= 0.6 is 0 Å². The standard InChI is InChI=1S/C50H66N12O11/c1-29(42(65)61-39(27-32-18-20-33(63)21-19-32)48(71)62-24-10-17-40(62)49(72)73)56-45(68)38(28-41(51)64)60-47(70)37(26-31-13-6-3-7-14-31)59-46(69)36(25-30-11-4-2-5-12-30)58-44(67)35(16-9-23-55-50(52)53)57-43(66)34-15-8-22-54-34/h2-7,11-14,18-21,29,34-40,54,63H,8-10,15-17,22-28H2,1H3,(H2,51,64)(H,56,68)(H,57,66)(H,58,67)(H,59,69)(H,60,70)(H,61,65)(H,72,73)(H4,52,53,55)/t29-,34-,35-,36-,37-,38-,39-,40+/m0/s1. The fourth-order valence-electron chi connectivity index (χ4n) is 8.56. The number of nitrogens with zero attached hydrogens (tertiary/aromatic N) is 1. The van der Waals surface area contributed by atoms with Crippen LogP contribution < -0.4 is 54.0 Å². The van der Waals surface area contributed by atoms with Crippen molar-refractivity contribution in [3.63, 3.8) is 0 Å². The molecule has 2 fully saturated rings. The van der Waals surface area contributed by atoms with Crippen molar-refractivity contribution in [2.24, 2.45) is 11.5 Å². The van der Waals surface area contributed by atoms with E-state index in [1.807, 2.05) is 0 Å². The summed E-state index contributed by atoms with van der Waals surface area (Å²) in [7, 11) is 0. The van der Waals surface area contributed by atoms with E-state index < -0.39 is 108 Å². The molecule has 0 spiro atoms. The fraction of sp³-hybridized carbons (Fsp3) is 0.440. The lowest BCUT2D eigenvalue weighted by molar-refractivity contribution is -0.149.